The van der Waals surface area contributed by atoms with Crippen LogP contribution in [0.4, 0.5) is 23.3 Å². The van der Waals surface area contributed by atoms with Crippen molar-refractivity contribution in [2.24, 2.45) is 5.41 Å². The van der Waals surface area contributed by atoms with E-state index in [1.54, 1.807) is 80.2 Å². The van der Waals surface area contributed by atoms with Crippen LogP contribution in [0.15, 0.2) is 49.1 Å². The van der Waals surface area contributed by atoms with E-state index in [-0.39, 0.29) is 135 Å². The Morgan fingerprint density at radius 3 is 0.804 bits per heavy atom. The van der Waals surface area contributed by atoms with E-state index in [0.29, 0.717) is 54.4 Å². The Morgan fingerprint density at radius 1 is 0.370 bits per heavy atom. The third-order valence-corrected chi connectivity index (χ3v) is 32.0. The number of carbonyl (C=O) groups is 8. The molecule has 0 spiro atoms. The van der Waals surface area contributed by atoms with Crippen LogP contribution in [0.2, 0.25) is 0 Å². The van der Waals surface area contributed by atoms with E-state index in [2.05, 4.69) is 138 Å². The summed E-state index contributed by atoms with van der Waals surface area (Å²) in [7, 11) is 0. The highest BCUT2D eigenvalue weighted by atomic mass is 32.1. The number of carbonyl (C=O) groups excluding carboxylic acids is 8. The normalized spacial score (nSPS) is 20.9. The number of nitrogens with one attached hydrogen (secondary N) is 8. The molecule has 1 saturated carbocycles. The van der Waals surface area contributed by atoms with Crippen LogP contribution in [0.25, 0.3) is 41.8 Å². The first-order valence-electron chi connectivity index (χ1n) is 49.3. The molecule has 0 unspecified atom stereocenters. The summed E-state index contributed by atoms with van der Waals surface area (Å²) in [5.74, 6) is 1.23. The lowest BCUT2D eigenvalue weighted by Gasteiger charge is -2.39. The molecule has 36 heteroatoms. The first kappa shape index (κ1) is 104. The second-order valence-corrected chi connectivity index (χ2v) is 47.4. The number of aliphatic hydroxyl groups is 4. The van der Waals surface area contributed by atoms with Gasteiger partial charge < -0.3 is 82.6 Å². The third kappa shape index (κ3) is 24.9. The molecular weight excluding hydrogens is 1830 g/mol. The lowest BCUT2D eigenvalue weighted by molar-refractivity contribution is 0.0691. The van der Waals surface area contributed by atoms with Gasteiger partial charge in [-0.15, -0.1) is 45.3 Å². The van der Waals surface area contributed by atoms with Gasteiger partial charge in [-0.1, -0.05) is 34.6 Å². The van der Waals surface area contributed by atoms with Crippen molar-refractivity contribution in [1.82, 2.24) is 80.7 Å². The second-order valence-electron chi connectivity index (χ2n) is 43.4. The number of rotatable bonds is 30. The van der Waals surface area contributed by atoms with Crippen molar-refractivity contribution in [3.05, 3.63) is 114 Å². The van der Waals surface area contributed by atoms with Crippen molar-refractivity contribution < 1.29 is 58.8 Å². The average Bonchev–Trinajstić information content (AvgIpc) is 1.62. The highest BCUT2D eigenvalue weighted by molar-refractivity contribution is 7.18. The molecule has 1 aliphatic carbocycles. The Kier molecular flexibility index (Phi) is 31.9. The van der Waals surface area contributed by atoms with Crippen LogP contribution in [0, 0.1) is 33.1 Å². The molecule has 8 amide bonds. The molecule has 138 heavy (non-hydrogen) atoms. The summed E-state index contributed by atoms with van der Waals surface area (Å²) in [6.07, 6.45) is 29.1. The van der Waals surface area contributed by atoms with Gasteiger partial charge in [0.15, 0.2) is 20.0 Å². The maximum atomic E-state index is 13.7. The van der Waals surface area contributed by atoms with Crippen LogP contribution >= 0.6 is 45.3 Å². The van der Waals surface area contributed by atoms with Crippen LogP contribution < -0.4 is 42.5 Å². The van der Waals surface area contributed by atoms with Gasteiger partial charge in [0.1, 0.15) is 46.0 Å². The van der Waals surface area contributed by atoms with Crippen LogP contribution in [-0.2, 0) is 0 Å². The maximum absolute atomic E-state index is 13.7. The van der Waals surface area contributed by atoms with Gasteiger partial charge in [-0.3, -0.25) is 38.4 Å². The molecule has 746 valence electrons. The molecule has 8 aliphatic heterocycles. The summed E-state index contributed by atoms with van der Waals surface area (Å²) < 4.78 is 0. The zero-order valence-corrected chi connectivity index (χ0v) is 87.1. The fourth-order valence-corrected chi connectivity index (χ4v) is 23.8. The number of aromatic nitrogens is 8. The lowest BCUT2D eigenvalue weighted by atomic mass is 9.78. The van der Waals surface area contributed by atoms with Gasteiger partial charge in [-0.05, 0) is 291 Å². The van der Waals surface area contributed by atoms with Crippen molar-refractivity contribution in [3.8, 4) is 41.8 Å². The summed E-state index contributed by atoms with van der Waals surface area (Å²) >= 11 is 4.84. The van der Waals surface area contributed by atoms with Crippen molar-refractivity contribution in [2.45, 2.75) is 362 Å². The number of anilines is 4. The predicted molar refractivity (Wildman–Crippen MR) is 544 cm³/mol. The number of nitrogens with zero attached hydrogens (tertiary/aromatic N) is 12. The van der Waals surface area contributed by atoms with Crippen molar-refractivity contribution in [3.63, 3.8) is 0 Å². The number of hydrogen-bond acceptors (Lipinski definition) is 28. The zero-order valence-electron chi connectivity index (χ0n) is 83.8. The molecule has 8 saturated heterocycles. The minimum Gasteiger partial charge on any atom is -0.389 e. The molecule has 8 aromatic heterocycles. The molecule has 0 radical (unpaired) electrons. The van der Waals surface area contributed by atoms with Crippen molar-refractivity contribution in [2.75, 3.05) is 54.0 Å². The zero-order chi connectivity index (χ0) is 99.7. The van der Waals surface area contributed by atoms with Gasteiger partial charge in [-0.2, -0.15) is 0 Å². The molecule has 0 aromatic carbocycles. The third-order valence-electron chi connectivity index (χ3n) is 27.7. The second kappa shape index (κ2) is 42.4. The summed E-state index contributed by atoms with van der Waals surface area (Å²) in [6, 6.07) is 10.7. The molecule has 8 bridgehead atoms. The Bertz CT molecular complexity index is 5560. The highest BCUT2D eigenvalue weighted by Gasteiger charge is 2.49. The molecule has 12 N–H and O–H groups in total. The van der Waals surface area contributed by atoms with Gasteiger partial charge in [0, 0.05) is 146 Å². The van der Waals surface area contributed by atoms with Gasteiger partial charge in [0.2, 0.25) is 0 Å². The summed E-state index contributed by atoms with van der Waals surface area (Å²) in [4.78, 5) is 153. The summed E-state index contributed by atoms with van der Waals surface area (Å²) in [5.41, 5.74) is 4.47. The minimum absolute atomic E-state index is 0.0906. The number of fused-ring (bicyclic) bond motifs is 8. The van der Waals surface area contributed by atoms with E-state index in [1.807, 2.05) is 71.6 Å². The first-order valence-corrected chi connectivity index (χ1v) is 52.6. The van der Waals surface area contributed by atoms with Gasteiger partial charge in [0.25, 0.3) is 47.3 Å². The minimum atomic E-state index is -1.04. The topological polar surface area (TPSA) is 430 Å². The van der Waals surface area contributed by atoms with Crippen molar-refractivity contribution in [1.29, 1.82) is 0 Å². The molecule has 2 atom stereocenters. The lowest BCUT2D eigenvalue weighted by Crippen LogP contribution is -2.41. The van der Waals surface area contributed by atoms with E-state index in [9.17, 15) is 58.8 Å². The molecule has 8 aromatic rings. The fraction of sp³-hybridized carbons (Fsp3) is 0.608. The van der Waals surface area contributed by atoms with Gasteiger partial charge in [0.05, 0.1) is 41.9 Å². The molecule has 17 rings (SSSR count). The Morgan fingerprint density at radius 2 is 0.594 bits per heavy atom. The first-order chi connectivity index (χ1) is 65.0. The number of thiazole rings is 4. The largest absolute Gasteiger partial charge is 0.389 e. The Balaban J connectivity index is 0.000000147. The van der Waals surface area contributed by atoms with E-state index < -0.39 is 40.1 Å². The summed E-state index contributed by atoms with van der Waals surface area (Å²) in [6.45, 7) is 39.3. The number of amides is 8. The number of hydrogen-bond donors (Lipinski definition) is 12. The van der Waals surface area contributed by atoms with Crippen molar-refractivity contribution >= 4 is 116 Å². The average molecular weight is 1970 g/mol. The van der Waals surface area contributed by atoms with Crippen LogP contribution in [0.5, 0.6) is 0 Å². The van der Waals surface area contributed by atoms with Crippen LogP contribution in [-0.4, -0.2) is 248 Å². The summed E-state index contributed by atoms with van der Waals surface area (Å²) in [5, 5.41) is 65.5. The van der Waals surface area contributed by atoms with E-state index >= 15 is 0 Å². The SMILES string of the molecule is CC[C@@H](C)Nc1cc(C)c(-c2sc(C(=O)NCC(C)(C)O)nc2C(=O)N2C3CCC2CC3)cn1.CC[C@@H](C)Nc1cc(C)c(-c2sc(C(=O)NCC(C)(C)O)nc2C(=O)N2C3CCC2CC3)cn1.Cc1cc(NC2(C)CCC2)ncc1-c1sc(C(=O)NCC(C)(C)O)nc1C(=O)N1C2CCC1CC2.Cc1cc(NCC(C)(C)C)ncc1-c1sc(C(=O)NCC(C)(C)O)nc1C(=O)N1C2CCC1CC2. The van der Waals surface area contributed by atoms with E-state index in [1.165, 1.54) is 51.8 Å². The molecule has 32 nitrogen and oxygen atoms in total. The van der Waals surface area contributed by atoms with Gasteiger partial charge in [-0.25, -0.2) is 39.9 Å². The highest BCUT2D eigenvalue weighted by Crippen LogP contribution is 2.48. The van der Waals surface area contributed by atoms with E-state index in [0.717, 1.165) is 203 Å². The van der Waals surface area contributed by atoms with Crippen LogP contribution in [0.1, 0.15) is 349 Å². The number of pyridine rings is 4. The van der Waals surface area contributed by atoms with E-state index in [4.69, 9.17) is 0 Å². The quantitative estimate of drug-likeness (QED) is 0.0199. The standard InChI is InChI=1S/C26H35N5O3S.C26H37N5O3S.2C25H35N5O3S/c1-15-12-19(30-26(4)10-5-11-26)27-13-18(15)21-20(24(33)31-16-6-7-17(31)9-8-16)29-23(35-21)22(32)28-14-25(2,3)34;1-15-11-19(28-13-25(2,3)4)27-12-18(15)21-20(24(33)31-16-7-8-17(31)10-9-16)30-23(35-21)22(32)29-14-26(5,6)34;2*1-6-15(3)28-19-11-14(2)18(12-26-19)21-20(24(32)30-16-7-8-17(30)10-9-16)29-23(34-21)22(31)27-13-25(4,5)33/h12-13,16-17,34H,5-11,14H2,1-4H3,(H,27,30)(H,28,32);11-12,16-17,34H,7-10,13-14H2,1-6H3,(H,27,28)(H,29,32);2*11-12,15-17,33H,6-10,13H2,1-5H3,(H,26,28)(H,27,31)/t;;2*15-,16?,17?/m..11/s1. The monoisotopic (exact) mass is 1970 g/mol. The molecule has 16 heterocycles. The van der Waals surface area contributed by atoms with Gasteiger partial charge >= 0.3 is 0 Å². The van der Waals surface area contributed by atoms with Crippen LogP contribution in [0.3, 0.4) is 0 Å². The number of aryl methyl sites for hydroxylation is 4. The molecule has 9 aliphatic rings. The Hall–Kier alpha value is -10.1. The smallest absolute Gasteiger partial charge is 0.280 e. The predicted octanol–water partition coefficient (Wildman–Crippen LogP) is 16.4. The fourth-order valence-electron chi connectivity index (χ4n) is 19.6. The maximum Gasteiger partial charge on any atom is 0.280 e. The molecule has 9 fully saturated rings. The molecular formula is C102H142N20O12S4. The Labute approximate surface area is 827 Å².